The second kappa shape index (κ2) is 3.63. The Bertz CT molecular complexity index is 584. The van der Waals surface area contributed by atoms with Gasteiger partial charge in [-0.1, -0.05) is 0 Å². The Labute approximate surface area is 92.4 Å². The highest BCUT2D eigenvalue weighted by molar-refractivity contribution is 7.92. The number of rotatable bonds is 3. The predicted octanol–water partition coefficient (Wildman–Crippen LogP) is 0.550. The second-order valence-corrected chi connectivity index (χ2v) is 4.99. The highest BCUT2D eigenvalue weighted by Gasteiger charge is 2.18. The van der Waals surface area contributed by atoms with E-state index in [0.29, 0.717) is 5.82 Å². The van der Waals surface area contributed by atoms with Gasteiger partial charge in [0.2, 0.25) is 0 Å². The molecule has 0 saturated heterocycles. The molecule has 0 aliphatic heterocycles. The van der Waals surface area contributed by atoms with Crippen LogP contribution in [0, 0.1) is 13.8 Å². The summed E-state index contributed by atoms with van der Waals surface area (Å²) in [5.74, 6) is 0.298. The molecule has 0 bridgehead atoms. The van der Waals surface area contributed by atoms with Crippen LogP contribution in [0.15, 0.2) is 17.6 Å². The number of nitrogens with zero attached hydrogens (tertiary/aromatic N) is 2. The van der Waals surface area contributed by atoms with Gasteiger partial charge >= 0.3 is 0 Å². The van der Waals surface area contributed by atoms with E-state index in [0.717, 1.165) is 11.3 Å². The van der Waals surface area contributed by atoms with Gasteiger partial charge in [0.1, 0.15) is 0 Å². The molecule has 3 N–H and O–H groups in total. The van der Waals surface area contributed by atoms with Gasteiger partial charge in [-0.05, 0) is 13.8 Å². The summed E-state index contributed by atoms with van der Waals surface area (Å²) in [6.45, 7) is 3.60. The number of aromatic amines is 2. The minimum atomic E-state index is -3.63. The normalized spacial score (nSPS) is 11.6. The lowest BCUT2D eigenvalue weighted by Gasteiger charge is -2.03. The molecule has 0 spiro atoms. The van der Waals surface area contributed by atoms with Crippen LogP contribution in [0.5, 0.6) is 0 Å². The quantitative estimate of drug-likeness (QED) is 0.730. The van der Waals surface area contributed by atoms with E-state index in [9.17, 15) is 8.42 Å². The zero-order chi connectivity index (χ0) is 11.8. The highest BCUT2D eigenvalue weighted by Crippen LogP contribution is 2.17. The van der Waals surface area contributed by atoms with Crippen molar-refractivity contribution in [1.29, 1.82) is 0 Å². The summed E-state index contributed by atoms with van der Waals surface area (Å²) in [6.07, 6.45) is 2.54. The molecule has 0 amide bonds. The summed E-state index contributed by atoms with van der Waals surface area (Å²) < 4.78 is 25.9. The molecule has 2 aromatic heterocycles. The van der Waals surface area contributed by atoms with Crippen molar-refractivity contribution in [2.75, 3.05) is 4.72 Å². The first-order valence-corrected chi connectivity index (χ1v) is 6.02. The topological polar surface area (TPSA) is 104 Å². The number of nitrogens with one attached hydrogen (secondary N) is 3. The number of sulfonamides is 1. The lowest BCUT2D eigenvalue weighted by molar-refractivity contribution is 0.598. The van der Waals surface area contributed by atoms with Crippen molar-refractivity contribution in [3.05, 3.63) is 23.8 Å². The van der Waals surface area contributed by atoms with Gasteiger partial charge in [-0.15, -0.1) is 0 Å². The Hall–Kier alpha value is -1.83. The van der Waals surface area contributed by atoms with E-state index >= 15 is 0 Å². The monoisotopic (exact) mass is 241 g/mol. The third-order valence-electron chi connectivity index (χ3n) is 2.25. The van der Waals surface area contributed by atoms with E-state index in [-0.39, 0.29) is 5.03 Å². The number of H-pyrrole nitrogens is 2. The molecule has 0 fully saturated rings. The van der Waals surface area contributed by atoms with Crippen LogP contribution in [0.25, 0.3) is 0 Å². The van der Waals surface area contributed by atoms with Crippen LogP contribution in [-0.4, -0.2) is 28.6 Å². The van der Waals surface area contributed by atoms with Crippen molar-refractivity contribution in [3.63, 3.8) is 0 Å². The van der Waals surface area contributed by atoms with Crippen LogP contribution >= 0.6 is 0 Å². The van der Waals surface area contributed by atoms with E-state index in [1.165, 1.54) is 12.5 Å². The standard InChI is InChI=1S/C8H11N5O2S/c1-5-6(2)11-12-8(5)13-16(14,15)7-3-9-4-10-7/h3-4H,1-2H3,(H,9,10)(H2,11,12,13). The third kappa shape index (κ3) is 1.78. The molecule has 0 atom stereocenters. The van der Waals surface area contributed by atoms with E-state index in [4.69, 9.17) is 0 Å². The summed E-state index contributed by atoms with van der Waals surface area (Å²) >= 11 is 0. The molecule has 2 rings (SSSR count). The fraction of sp³-hybridized carbons (Fsp3) is 0.250. The first-order valence-electron chi connectivity index (χ1n) is 4.53. The van der Waals surface area contributed by atoms with Crippen LogP contribution in [0.3, 0.4) is 0 Å². The smallest absolute Gasteiger partial charge is 0.280 e. The number of aryl methyl sites for hydroxylation is 1. The Morgan fingerprint density at radius 2 is 2.12 bits per heavy atom. The number of anilines is 1. The molecule has 2 heterocycles. The van der Waals surface area contributed by atoms with Crippen LogP contribution in [0.1, 0.15) is 11.3 Å². The maximum absolute atomic E-state index is 11.8. The molecule has 0 unspecified atom stereocenters. The Morgan fingerprint density at radius 3 is 2.62 bits per heavy atom. The zero-order valence-electron chi connectivity index (χ0n) is 8.77. The molecular formula is C8H11N5O2S. The van der Waals surface area contributed by atoms with Gasteiger partial charge in [0.05, 0.1) is 12.5 Å². The molecule has 0 radical (unpaired) electrons. The fourth-order valence-corrected chi connectivity index (χ4v) is 2.13. The highest BCUT2D eigenvalue weighted by atomic mass is 32.2. The molecular weight excluding hydrogens is 230 g/mol. The first-order chi connectivity index (χ1) is 7.50. The van der Waals surface area contributed by atoms with Crippen LogP contribution in [-0.2, 0) is 10.0 Å². The molecule has 7 nitrogen and oxygen atoms in total. The van der Waals surface area contributed by atoms with E-state index < -0.39 is 10.0 Å². The van der Waals surface area contributed by atoms with Gasteiger partial charge in [-0.3, -0.25) is 9.82 Å². The fourth-order valence-electron chi connectivity index (χ4n) is 1.16. The minimum Gasteiger partial charge on any atom is -0.334 e. The summed E-state index contributed by atoms with van der Waals surface area (Å²) in [7, 11) is -3.63. The van der Waals surface area contributed by atoms with Crippen molar-refractivity contribution in [2.45, 2.75) is 18.9 Å². The van der Waals surface area contributed by atoms with Gasteiger partial charge in [0.15, 0.2) is 10.8 Å². The molecule has 0 aromatic carbocycles. The van der Waals surface area contributed by atoms with E-state index in [1.54, 1.807) is 6.92 Å². The molecule has 2 aromatic rings. The van der Waals surface area contributed by atoms with Gasteiger partial charge < -0.3 is 4.98 Å². The van der Waals surface area contributed by atoms with Gasteiger partial charge in [0, 0.05) is 11.3 Å². The van der Waals surface area contributed by atoms with Crippen molar-refractivity contribution >= 4 is 15.8 Å². The predicted molar refractivity (Wildman–Crippen MR) is 57.5 cm³/mol. The Morgan fingerprint density at radius 1 is 1.38 bits per heavy atom. The van der Waals surface area contributed by atoms with Crippen molar-refractivity contribution in [2.24, 2.45) is 0 Å². The Kier molecular flexibility index (Phi) is 2.43. The number of hydrogen-bond acceptors (Lipinski definition) is 4. The summed E-state index contributed by atoms with van der Waals surface area (Å²) in [4.78, 5) is 6.18. The minimum absolute atomic E-state index is 0.00699. The van der Waals surface area contributed by atoms with Crippen molar-refractivity contribution in [1.82, 2.24) is 20.2 Å². The average Bonchev–Trinajstić information content (AvgIpc) is 2.83. The number of aromatic nitrogens is 4. The first kappa shape index (κ1) is 10.7. The maximum atomic E-state index is 11.8. The summed E-state index contributed by atoms with van der Waals surface area (Å²) in [6, 6.07) is 0. The zero-order valence-corrected chi connectivity index (χ0v) is 9.59. The van der Waals surface area contributed by atoms with Gasteiger partial charge in [0.25, 0.3) is 10.0 Å². The largest absolute Gasteiger partial charge is 0.334 e. The number of hydrogen-bond donors (Lipinski definition) is 3. The van der Waals surface area contributed by atoms with Gasteiger partial charge in [-0.25, -0.2) is 4.98 Å². The SMILES string of the molecule is Cc1[nH]nc(NS(=O)(=O)c2cnc[nH]2)c1C. The summed E-state index contributed by atoms with van der Waals surface area (Å²) in [5.41, 5.74) is 1.59. The molecule has 86 valence electrons. The molecule has 0 aliphatic rings. The van der Waals surface area contributed by atoms with Crippen LogP contribution in [0.2, 0.25) is 0 Å². The lowest BCUT2D eigenvalue weighted by atomic mass is 10.3. The van der Waals surface area contributed by atoms with Crippen molar-refractivity contribution in [3.8, 4) is 0 Å². The number of imidazole rings is 1. The van der Waals surface area contributed by atoms with Gasteiger partial charge in [-0.2, -0.15) is 13.5 Å². The molecule has 0 saturated carbocycles. The van der Waals surface area contributed by atoms with E-state index in [1.807, 2.05) is 6.92 Å². The lowest BCUT2D eigenvalue weighted by Crippen LogP contribution is -2.14. The molecule has 0 aliphatic carbocycles. The molecule has 16 heavy (non-hydrogen) atoms. The third-order valence-corrected chi connectivity index (χ3v) is 3.51. The summed E-state index contributed by atoms with van der Waals surface area (Å²) in [5, 5.41) is 6.57. The van der Waals surface area contributed by atoms with Crippen LogP contribution in [0.4, 0.5) is 5.82 Å². The maximum Gasteiger partial charge on any atom is 0.280 e. The van der Waals surface area contributed by atoms with Crippen molar-refractivity contribution < 1.29 is 8.42 Å². The second-order valence-electron chi connectivity index (χ2n) is 3.34. The Balaban J connectivity index is 2.32. The molecule has 8 heteroatoms. The average molecular weight is 241 g/mol. The van der Waals surface area contributed by atoms with Crippen LogP contribution < -0.4 is 4.72 Å². The van der Waals surface area contributed by atoms with E-state index in [2.05, 4.69) is 24.9 Å².